The van der Waals surface area contributed by atoms with Crippen LogP contribution in [-0.4, -0.2) is 51.1 Å². The lowest BCUT2D eigenvalue weighted by Crippen LogP contribution is -2.51. The van der Waals surface area contributed by atoms with Crippen molar-refractivity contribution in [2.24, 2.45) is 5.41 Å². The third-order valence-corrected chi connectivity index (χ3v) is 5.51. The van der Waals surface area contributed by atoms with Crippen LogP contribution in [0.2, 0.25) is 0 Å². The fourth-order valence-corrected chi connectivity index (χ4v) is 4.08. The Morgan fingerprint density at radius 2 is 2.10 bits per heavy atom. The number of aromatic nitrogens is 3. The Balaban J connectivity index is 1.63. The third-order valence-electron chi connectivity index (χ3n) is 5.51. The number of carbonyl (C=O) groups excluding carboxylic acids is 2. The van der Waals surface area contributed by atoms with Gasteiger partial charge in [0, 0.05) is 31.5 Å². The number of rotatable bonds is 5. The Bertz CT molecular complexity index is 1050. The second-order valence-corrected chi connectivity index (χ2v) is 7.55. The molecule has 3 aromatic rings. The summed E-state index contributed by atoms with van der Waals surface area (Å²) in [5.41, 5.74) is 0.278. The summed E-state index contributed by atoms with van der Waals surface area (Å²) in [6.45, 7) is 2.62. The lowest BCUT2D eigenvalue weighted by atomic mass is 9.75. The van der Waals surface area contributed by atoms with Crippen molar-refractivity contribution >= 4 is 17.5 Å². The van der Waals surface area contributed by atoms with Crippen LogP contribution in [0.1, 0.15) is 35.8 Å². The molecule has 7 nitrogen and oxygen atoms in total. The third kappa shape index (κ3) is 3.77. The number of nitrogens with zero attached hydrogens (tertiary/aromatic N) is 4. The average Bonchev–Trinajstić information content (AvgIpc) is 3.19. The van der Waals surface area contributed by atoms with E-state index in [4.69, 9.17) is 4.74 Å². The first-order valence-corrected chi connectivity index (χ1v) is 10.0. The second kappa shape index (κ2) is 8.22. The zero-order chi connectivity index (χ0) is 21.1. The molecule has 30 heavy (non-hydrogen) atoms. The number of benzene rings is 1. The van der Waals surface area contributed by atoms with Crippen LogP contribution >= 0.6 is 0 Å². The van der Waals surface area contributed by atoms with E-state index in [0.717, 1.165) is 0 Å². The van der Waals surface area contributed by atoms with Gasteiger partial charge in [-0.15, -0.1) is 0 Å². The Morgan fingerprint density at radius 3 is 2.87 bits per heavy atom. The number of carbonyl (C=O) groups is 2. The molecule has 0 spiro atoms. The molecule has 2 aromatic heterocycles. The van der Waals surface area contributed by atoms with Gasteiger partial charge in [0.05, 0.1) is 12.0 Å². The fraction of sp³-hybridized carbons (Fsp3) is 0.364. The van der Waals surface area contributed by atoms with Gasteiger partial charge in [-0.3, -0.25) is 9.59 Å². The van der Waals surface area contributed by atoms with Gasteiger partial charge in [-0.05, 0) is 43.9 Å². The number of halogens is 1. The minimum Gasteiger partial charge on any atom is -0.466 e. The molecule has 0 aliphatic carbocycles. The van der Waals surface area contributed by atoms with Crippen molar-refractivity contribution in [3.63, 3.8) is 0 Å². The first-order chi connectivity index (χ1) is 14.5. The Morgan fingerprint density at radius 1 is 1.27 bits per heavy atom. The molecule has 3 heterocycles. The molecule has 0 radical (unpaired) electrons. The normalized spacial score (nSPS) is 19.1. The molecule has 4 rings (SSSR count). The molecule has 1 saturated heterocycles. The molecular weight excluding hydrogens is 387 g/mol. The van der Waals surface area contributed by atoms with Crippen LogP contribution < -0.4 is 0 Å². The van der Waals surface area contributed by atoms with Gasteiger partial charge < -0.3 is 9.64 Å². The van der Waals surface area contributed by atoms with Crippen molar-refractivity contribution in [2.45, 2.75) is 26.2 Å². The van der Waals surface area contributed by atoms with E-state index in [1.54, 1.807) is 54.5 Å². The van der Waals surface area contributed by atoms with E-state index in [9.17, 15) is 14.0 Å². The highest BCUT2D eigenvalue weighted by Crippen LogP contribution is 2.36. The predicted molar refractivity (Wildman–Crippen MR) is 107 cm³/mol. The Hall–Kier alpha value is -3.29. The second-order valence-electron chi connectivity index (χ2n) is 7.55. The van der Waals surface area contributed by atoms with Crippen LogP contribution in [0.4, 0.5) is 4.39 Å². The number of fused-ring (bicyclic) bond motifs is 1. The fourth-order valence-electron chi connectivity index (χ4n) is 4.08. The van der Waals surface area contributed by atoms with Crippen LogP contribution in [0.3, 0.4) is 0 Å². The smallest absolute Gasteiger partial charge is 0.314 e. The lowest BCUT2D eigenvalue weighted by Gasteiger charge is -2.40. The quantitative estimate of drug-likeness (QED) is 0.605. The maximum absolute atomic E-state index is 14.4. The van der Waals surface area contributed by atoms with E-state index in [1.807, 2.05) is 0 Å². The molecule has 1 atom stereocenters. The molecule has 1 aliphatic rings. The summed E-state index contributed by atoms with van der Waals surface area (Å²) in [5.74, 6) is -1.04. The van der Waals surface area contributed by atoms with Gasteiger partial charge in [-0.2, -0.15) is 5.10 Å². The van der Waals surface area contributed by atoms with Crippen molar-refractivity contribution in [1.29, 1.82) is 0 Å². The molecule has 1 aliphatic heterocycles. The minimum absolute atomic E-state index is 0.153. The molecule has 1 fully saturated rings. The largest absolute Gasteiger partial charge is 0.466 e. The van der Waals surface area contributed by atoms with Crippen LogP contribution in [0.15, 0.2) is 48.8 Å². The van der Waals surface area contributed by atoms with Crippen LogP contribution in [0.5, 0.6) is 0 Å². The summed E-state index contributed by atoms with van der Waals surface area (Å²) >= 11 is 0. The molecule has 1 amide bonds. The molecule has 8 heteroatoms. The van der Waals surface area contributed by atoms with E-state index >= 15 is 0 Å². The summed E-state index contributed by atoms with van der Waals surface area (Å²) in [5, 5.41) is 4.30. The highest BCUT2D eigenvalue weighted by atomic mass is 19.1. The first kappa shape index (κ1) is 20.0. The van der Waals surface area contributed by atoms with E-state index in [-0.39, 0.29) is 37.0 Å². The van der Waals surface area contributed by atoms with Gasteiger partial charge in [0.2, 0.25) is 0 Å². The van der Waals surface area contributed by atoms with E-state index in [2.05, 4.69) is 10.1 Å². The van der Waals surface area contributed by atoms with Gasteiger partial charge in [0.25, 0.3) is 5.91 Å². The SMILES string of the molecule is CCOC(=O)C1(Cc2ccccc2F)CCCN(C(=O)c2cc3ncccn3n2)C1. The number of esters is 1. The van der Waals surface area contributed by atoms with Crippen molar-refractivity contribution in [2.75, 3.05) is 19.7 Å². The number of amides is 1. The number of hydrogen-bond acceptors (Lipinski definition) is 5. The molecule has 0 bridgehead atoms. The zero-order valence-electron chi connectivity index (χ0n) is 16.8. The van der Waals surface area contributed by atoms with Crippen LogP contribution in [0.25, 0.3) is 5.65 Å². The molecule has 1 aromatic carbocycles. The Kier molecular flexibility index (Phi) is 5.48. The molecule has 0 N–H and O–H groups in total. The number of likely N-dealkylation sites (tertiary alicyclic amines) is 1. The zero-order valence-corrected chi connectivity index (χ0v) is 16.8. The van der Waals surface area contributed by atoms with Crippen molar-refractivity contribution in [3.05, 3.63) is 65.9 Å². The monoisotopic (exact) mass is 410 g/mol. The molecule has 1 unspecified atom stereocenters. The summed E-state index contributed by atoms with van der Waals surface area (Å²) in [4.78, 5) is 31.9. The van der Waals surface area contributed by atoms with Crippen molar-refractivity contribution < 1.29 is 18.7 Å². The van der Waals surface area contributed by atoms with E-state index in [0.29, 0.717) is 30.6 Å². The molecule has 0 saturated carbocycles. The summed E-state index contributed by atoms with van der Waals surface area (Å²) in [6, 6.07) is 9.76. The molecular formula is C22H23FN4O3. The number of hydrogen-bond donors (Lipinski definition) is 0. The predicted octanol–water partition coefficient (Wildman–Crippen LogP) is 2.90. The minimum atomic E-state index is -0.997. The number of ether oxygens (including phenoxy) is 1. The maximum atomic E-state index is 14.4. The topological polar surface area (TPSA) is 76.8 Å². The first-order valence-electron chi connectivity index (χ1n) is 10.0. The standard InChI is InChI=1S/C22H23FN4O3/c1-2-30-21(29)22(14-16-7-3-4-8-17(16)23)9-5-11-26(15-22)20(28)18-13-19-24-10-6-12-27(19)25-18/h3-4,6-8,10,12-13H,2,5,9,11,14-15H2,1H3. The highest BCUT2D eigenvalue weighted by molar-refractivity contribution is 5.94. The molecule has 156 valence electrons. The van der Waals surface area contributed by atoms with Crippen LogP contribution in [0, 0.1) is 11.2 Å². The lowest BCUT2D eigenvalue weighted by molar-refractivity contribution is -0.158. The maximum Gasteiger partial charge on any atom is 0.314 e. The number of piperidine rings is 1. The van der Waals surface area contributed by atoms with Gasteiger partial charge >= 0.3 is 5.97 Å². The van der Waals surface area contributed by atoms with Gasteiger partial charge in [0.1, 0.15) is 5.82 Å². The van der Waals surface area contributed by atoms with Gasteiger partial charge in [-0.1, -0.05) is 18.2 Å². The van der Waals surface area contributed by atoms with E-state index < -0.39 is 11.4 Å². The summed E-state index contributed by atoms with van der Waals surface area (Å²) in [7, 11) is 0. The van der Waals surface area contributed by atoms with Crippen LogP contribution in [-0.2, 0) is 16.0 Å². The average molecular weight is 410 g/mol. The Labute approximate surface area is 173 Å². The highest BCUT2D eigenvalue weighted by Gasteiger charge is 2.45. The van der Waals surface area contributed by atoms with Crippen molar-refractivity contribution in [1.82, 2.24) is 19.5 Å². The summed E-state index contributed by atoms with van der Waals surface area (Å²) in [6.07, 6.45) is 4.67. The summed E-state index contributed by atoms with van der Waals surface area (Å²) < 4.78 is 21.2. The van der Waals surface area contributed by atoms with Gasteiger partial charge in [-0.25, -0.2) is 13.9 Å². The van der Waals surface area contributed by atoms with E-state index in [1.165, 1.54) is 10.6 Å². The van der Waals surface area contributed by atoms with Crippen molar-refractivity contribution in [3.8, 4) is 0 Å². The van der Waals surface area contributed by atoms with Gasteiger partial charge in [0.15, 0.2) is 11.3 Å².